The van der Waals surface area contributed by atoms with Crippen LogP contribution in [0.15, 0.2) is 41.2 Å². The molecule has 0 bridgehead atoms. The highest BCUT2D eigenvalue weighted by Gasteiger charge is 2.28. The number of piperidine rings is 1. The fraction of sp³-hybridized carbons (Fsp3) is 0.370. The van der Waals surface area contributed by atoms with Crippen molar-refractivity contribution in [2.24, 2.45) is 0 Å². The van der Waals surface area contributed by atoms with Crippen LogP contribution >= 0.6 is 0 Å². The molecule has 192 valence electrons. The lowest BCUT2D eigenvalue weighted by atomic mass is 9.96. The van der Waals surface area contributed by atoms with Crippen molar-refractivity contribution in [3.05, 3.63) is 65.6 Å². The first-order chi connectivity index (χ1) is 17.9. The SMILES string of the molecule is CCNC(=O)c1ccc(-c2ccc(F)c3c(N4CCC(c5nc(C(C)C)no5)CC4)ncnc23)cc1F. The third-order valence-electron chi connectivity index (χ3n) is 6.70. The number of rotatable bonds is 6. The molecule has 5 rings (SSSR count). The van der Waals surface area contributed by atoms with Crippen molar-refractivity contribution >= 4 is 22.6 Å². The van der Waals surface area contributed by atoms with Crippen molar-refractivity contribution in [1.82, 2.24) is 25.4 Å². The summed E-state index contributed by atoms with van der Waals surface area (Å²) >= 11 is 0. The molecular formula is C27H28F2N6O2. The minimum Gasteiger partial charge on any atom is -0.356 e. The zero-order valence-electron chi connectivity index (χ0n) is 21.0. The number of aromatic nitrogens is 4. The molecule has 1 aliphatic rings. The van der Waals surface area contributed by atoms with E-state index in [0.717, 1.165) is 12.8 Å². The molecule has 1 amide bonds. The van der Waals surface area contributed by atoms with Gasteiger partial charge in [0.15, 0.2) is 5.82 Å². The number of nitrogens with one attached hydrogen (secondary N) is 1. The average Bonchev–Trinajstić information content (AvgIpc) is 3.40. The number of halogens is 2. The summed E-state index contributed by atoms with van der Waals surface area (Å²) in [6, 6.07) is 7.27. The Morgan fingerprint density at radius 3 is 2.59 bits per heavy atom. The quantitative estimate of drug-likeness (QED) is 0.383. The van der Waals surface area contributed by atoms with Gasteiger partial charge in [0, 0.05) is 37.0 Å². The highest BCUT2D eigenvalue weighted by atomic mass is 19.1. The van der Waals surface area contributed by atoms with Crippen LogP contribution in [0.4, 0.5) is 14.6 Å². The molecule has 37 heavy (non-hydrogen) atoms. The molecule has 2 aromatic heterocycles. The van der Waals surface area contributed by atoms with Crippen molar-refractivity contribution in [3.8, 4) is 11.1 Å². The number of carbonyl (C=O) groups excluding carboxylic acids is 1. The fourth-order valence-electron chi connectivity index (χ4n) is 4.70. The lowest BCUT2D eigenvalue weighted by Crippen LogP contribution is -2.34. The van der Waals surface area contributed by atoms with Crippen molar-refractivity contribution < 1.29 is 18.1 Å². The Morgan fingerprint density at radius 1 is 1.14 bits per heavy atom. The number of hydrogen-bond donors (Lipinski definition) is 1. The van der Waals surface area contributed by atoms with Gasteiger partial charge < -0.3 is 14.7 Å². The summed E-state index contributed by atoms with van der Waals surface area (Å²) in [6.07, 6.45) is 2.93. The maximum atomic E-state index is 15.2. The predicted molar refractivity (Wildman–Crippen MR) is 135 cm³/mol. The lowest BCUT2D eigenvalue weighted by Gasteiger charge is -2.32. The van der Waals surface area contributed by atoms with Crippen LogP contribution in [-0.2, 0) is 0 Å². The third kappa shape index (κ3) is 4.75. The van der Waals surface area contributed by atoms with Crippen molar-refractivity contribution in [1.29, 1.82) is 0 Å². The first-order valence-corrected chi connectivity index (χ1v) is 12.5. The maximum absolute atomic E-state index is 15.2. The molecule has 0 spiro atoms. The van der Waals surface area contributed by atoms with Gasteiger partial charge in [0.25, 0.3) is 5.91 Å². The first kappa shape index (κ1) is 24.7. The van der Waals surface area contributed by atoms with Gasteiger partial charge in [-0.25, -0.2) is 18.7 Å². The second-order valence-corrected chi connectivity index (χ2v) is 9.48. The van der Waals surface area contributed by atoms with E-state index in [1.807, 2.05) is 18.7 Å². The van der Waals surface area contributed by atoms with E-state index in [1.54, 1.807) is 19.1 Å². The number of fused-ring (bicyclic) bond motifs is 1. The lowest BCUT2D eigenvalue weighted by molar-refractivity contribution is 0.0952. The normalized spacial score (nSPS) is 14.5. The van der Waals surface area contributed by atoms with Gasteiger partial charge in [0.05, 0.1) is 16.5 Å². The van der Waals surface area contributed by atoms with Crippen LogP contribution in [0.2, 0.25) is 0 Å². The maximum Gasteiger partial charge on any atom is 0.254 e. The number of nitrogens with zero attached hydrogens (tertiary/aromatic N) is 5. The standard InChI is InChI=1S/C27H28F2N6O2/c1-4-30-26(36)19-6-5-17(13-21(19)29)18-7-8-20(28)22-23(18)31-14-32-25(22)35-11-9-16(10-12-35)27-33-24(15(2)3)34-37-27/h5-8,13-16H,4,9-12H2,1-3H3,(H,30,36). The van der Waals surface area contributed by atoms with Crippen LogP contribution in [0.5, 0.6) is 0 Å². The van der Waals surface area contributed by atoms with E-state index in [-0.39, 0.29) is 22.8 Å². The topological polar surface area (TPSA) is 97.0 Å². The minimum absolute atomic E-state index is 0.0445. The smallest absolute Gasteiger partial charge is 0.254 e. The van der Waals surface area contributed by atoms with Crippen molar-refractivity contribution in [2.75, 3.05) is 24.5 Å². The Labute approximate surface area is 213 Å². The molecule has 0 unspecified atom stereocenters. The van der Waals surface area contributed by atoms with E-state index in [2.05, 4.69) is 25.4 Å². The molecule has 8 nitrogen and oxygen atoms in total. The zero-order valence-corrected chi connectivity index (χ0v) is 21.0. The number of hydrogen-bond acceptors (Lipinski definition) is 7. The van der Waals surface area contributed by atoms with E-state index in [9.17, 15) is 9.18 Å². The van der Waals surface area contributed by atoms with Crippen LogP contribution in [0.25, 0.3) is 22.0 Å². The van der Waals surface area contributed by atoms with Crippen molar-refractivity contribution in [2.45, 2.75) is 45.4 Å². The Hall–Kier alpha value is -3.95. The number of benzene rings is 2. The highest BCUT2D eigenvalue weighted by Crippen LogP contribution is 2.36. The Balaban J connectivity index is 1.44. The Kier molecular flexibility index (Phi) is 6.82. The molecule has 0 aliphatic carbocycles. The Morgan fingerprint density at radius 2 is 1.92 bits per heavy atom. The van der Waals surface area contributed by atoms with E-state index in [1.165, 1.54) is 24.5 Å². The van der Waals surface area contributed by atoms with Crippen molar-refractivity contribution in [3.63, 3.8) is 0 Å². The summed E-state index contributed by atoms with van der Waals surface area (Å²) in [5.74, 6) is 0.580. The van der Waals surface area contributed by atoms with E-state index in [0.29, 0.717) is 53.8 Å². The summed E-state index contributed by atoms with van der Waals surface area (Å²) in [5.41, 5.74) is 1.40. The van der Waals surface area contributed by atoms with Gasteiger partial charge in [-0.3, -0.25) is 4.79 Å². The molecule has 1 aliphatic heterocycles. The molecule has 4 aromatic rings. The summed E-state index contributed by atoms with van der Waals surface area (Å²) in [6.45, 7) is 7.47. The second-order valence-electron chi connectivity index (χ2n) is 9.48. The molecule has 0 saturated carbocycles. The minimum atomic E-state index is -0.654. The second kappa shape index (κ2) is 10.2. The van der Waals surface area contributed by atoms with Gasteiger partial charge in [-0.2, -0.15) is 4.98 Å². The van der Waals surface area contributed by atoms with Crippen LogP contribution in [0.1, 0.15) is 67.5 Å². The van der Waals surface area contributed by atoms with Gasteiger partial charge in [0.2, 0.25) is 5.89 Å². The molecule has 1 saturated heterocycles. The van der Waals surface area contributed by atoms with E-state index in [4.69, 9.17) is 4.52 Å². The summed E-state index contributed by atoms with van der Waals surface area (Å²) in [5, 5.41) is 6.95. The largest absolute Gasteiger partial charge is 0.356 e. The highest BCUT2D eigenvalue weighted by molar-refractivity contribution is 6.00. The summed E-state index contributed by atoms with van der Waals surface area (Å²) in [4.78, 5) is 27.4. The average molecular weight is 507 g/mol. The molecule has 10 heteroatoms. The number of anilines is 1. The molecule has 0 radical (unpaired) electrons. The monoisotopic (exact) mass is 506 g/mol. The van der Waals surface area contributed by atoms with E-state index >= 15 is 4.39 Å². The fourth-order valence-corrected chi connectivity index (χ4v) is 4.70. The molecule has 1 fully saturated rings. The zero-order chi connectivity index (χ0) is 26.1. The molecule has 3 heterocycles. The van der Waals surface area contributed by atoms with Gasteiger partial charge in [-0.1, -0.05) is 25.1 Å². The van der Waals surface area contributed by atoms with Crippen LogP contribution in [0.3, 0.4) is 0 Å². The molecule has 2 aromatic carbocycles. The molecule has 0 atom stereocenters. The van der Waals surface area contributed by atoms with Gasteiger partial charge in [-0.05, 0) is 49.6 Å². The van der Waals surface area contributed by atoms with Crippen LogP contribution in [-0.4, -0.2) is 45.7 Å². The van der Waals surface area contributed by atoms with E-state index < -0.39 is 17.5 Å². The first-order valence-electron chi connectivity index (χ1n) is 12.5. The van der Waals surface area contributed by atoms with Gasteiger partial charge in [0.1, 0.15) is 23.8 Å². The van der Waals surface area contributed by atoms with Crippen LogP contribution < -0.4 is 10.2 Å². The summed E-state index contributed by atoms with van der Waals surface area (Å²) < 4.78 is 35.5. The third-order valence-corrected chi connectivity index (χ3v) is 6.70. The number of amides is 1. The molecule has 1 N–H and O–H groups in total. The van der Waals surface area contributed by atoms with Gasteiger partial charge in [-0.15, -0.1) is 0 Å². The molecular weight excluding hydrogens is 478 g/mol. The van der Waals surface area contributed by atoms with Gasteiger partial charge >= 0.3 is 0 Å². The van der Waals surface area contributed by atoms with Crippen LogP contribution in [0, 0.1) is 11.6 Å². The predicted octanol–water partition coefficient (Wildman–Crippen LogP) is 5.22. The Bertz CT molecular complexity index is 1450. The summed E-state index contributed by atoms with van der Waals surface area (Å²) in [7, 11) is 0. The number of carbonyl (C=O) groups is 1.